The molecule has 2 nitrogen and oxygen atoms in total. The molecular weight excluding hydrogens is 232 g/mol. The first-order valence-electron chi connectivity index (χ1n) is 7.82. The van der Waals surface area contributed by atoms with Crippen molar-refractivity contribution in [2.75, 3.05) is 31.5 Å². The van der Waals surface area contributed by atoms with Crippen LogP contribution < -0.4 is 5.32 Å². The molecule has 1 aliphatic rings. The summed E-state index contributed by atoms with van der Waals surface area (Å²) >= 11 is 0. The molecule has 1 aromatic carbocycles. The van der Waals surface area contributed by atoms with Crippen molar-refractivity contribution in [1.82, 2.24) is 4.90 Å². The van der Waals surface area contributed by atoms with E-state index in [1.165, 1.54) is 56.6 Å². The summed E-state index contributed by atoms with van der Waals surface area (Å²) in [6.07, 6.45) is 5.46. The van der Waals surface area contributed by atoms with Crippen LogP contribution in [0.1, 0.15) is 51.0 Å². The molecule has 0 aromatic heterocycles. The number of likely N-dealkylation sites (tertiary alicyclic amines) is 1. The summed E-state index contributed by atoms with van der Waals surface area (Å²) in [6, 6.07) is 8.88. The molecule has 106 valence electrons. The largest absolute Gasteiger partial charge is 0.385 e. The third-order valence-electron chi connectivity index (χ3n) is 4.01. The predicted octanol–water partition coefficient (Wildman–Crippen LogP) is 4.10. The Hall–Kier alpha value is -1.02. The van der Waals surface area contributed by atoms with Crippen molar-refractivity contribution in [1.29, 1.82) is 0 Å². The monoisotopic (exact) mass is 260 g/mol. The van der Waals surface area contributed by atoms with E-state index in [1.807, 2.05) is 0 Å². The maximum absolute atomic E-state index is 3.52. The number of benzene rings is 1. The molecule has 0 saturated carbocycles. The lowest BCUT2D eigenvalue weighted by Gasteiger charge is -2.26. The summed E-state index contributed by atoms with van der Waals surface area (Å²) in [7, 11) is 0. The molecule has 1 heterocycles. The summed E-state index contributed by atoms with van der Waals surface area (Å²) in [5.41, 5.74) is 2.67. The number of rotatable bonds is 6. The van der Waals surface area contributed by atoms with E-state index in [4.69, 9.17) is 0 Å². The van der Waals surface area contributed by atoms with E-state index in [9.17, 15) is 0 Å². The zero-order valence-electron chi connectivity index (χ0n) is 12.5. The minimum atomic E-state index is 0.619. The molecule has 1 saturated heterocycles. The molecule has 19 heavy (non-hydrogen) atoms. The Morgan fingerprint density at radius 2 is 1.74 bits per heavy atom. The maximum Gasteiger partial charge on any atom is 0.0340 e. The van der Waals surface area contributed by atoms with Crippen LogP contribution in [0.5, 0.6) is 0 Å². The van der Waals surface area contributed by atoms with Gasteiger partial charge in [0.15, 0.2) is 0 Å². The maximum atomic E-state index is 3.52. The molecule has 1 aliphatic heterocycles. The van der Waals surface area contributed by atoms with Crippen LogP contribution >= 0.6 is 0 Å². The van der Waals surface area contributed by atoms with Crippen LogP contribution in [0.3, 0.4) is 0 Å². The van der Waals surface area contributed by atoms with Gasteiger partial charge in [0.2, 0.25) is 0 Å². The highest BCUT2D eigenvalue weighted by Gasteiger charge is 2.08. The second-order valence-corrected chi connectivity index (χ2v) is 5.96. The summed E-state index contributed by atoms with van der Waals surface area (Å²) in [5, 5.41) is 3.52. The third-order valence-corrected chi connectivity index (χ3v) is 4.01. The highest BCUT2D eigenvalue weighted by atomic mass is 15.1. The van der Waals surface area contributed by atoms with Gasteiger partial charge in [0.25, 0.3) is 0 Å². The van der Waals surface area contributed by atoms with Gasteiger partial charge in [0.05, 0.1) is 0 Å². The molecular formula is C17H28N2. The van der Waals surface area contributed by atoms with Gasteiger partial charge >= 0.3 is 0 Å². The first kappa shape index (κ1) is 14.4. The number of hydrogen-bond donors (Lipinski definition) is 1. The first-order valence-corrected chi connectivity index (χ1v) is 7.82. The summed E-state index contributed by atoms with van der Waals surface area (Å²) in [6.45, 7) is 9.42. The second kappa shape index (κ2) is 7.54. The number of hydrogen-bond acceptors (Lipinski definition) is 2. The molecule has 2 rings (SSSR count). The smallest absolute Gasteiger partial charge is 0.0340 e. The van der Waals surface area contributed by atoms with E-state index >= 15 is 0 Å². The van der Waals surface area contributed by atoms with Crippen molar-refractivity contribution in [3.05, 3.63) is 29.8 Å². The number of nitrogens with one attached hydrogen (secondary N) is 1. The van der Waals surface area contributed by atoms with Crippen LogP contribution in [0.2, 0.25) is 0 Å². The Morgan fingerprint density at radius 1 is 1.05 bits per heavy atom. The lowest BCUT2D eigenvalue weighted by atomic mass is 10.0. The van der Waals surface area contributed by atoms with Crippen LogP contribution in [-0.2, 0) is 0 Å². The van der Waals surface area contributed by atoms with Gasteiger partial charge in [-0.15, -0.1) is 0 Å². The van der Waals surface area contributed by atoms with Crippen molar-refractivity contribution in [2.24, 2.45) is 0 Å². The Morgan fingerprint density at radius 3 is 2.37 bits per heavy atom. The van der Waals surface area contributed by atoms with E-state index in [-0.39, 0.29) is 0 Å². The lowest BCUT2D eigenvalue weighted by molar-refractivity contribution is 0.228. The molecule has 0 spiro atoms. The molecule has 0 aliphatic carbocycles. The van der Waals surface area contributed by atoms with E-state index < -0.39 is 0 Å². The molecule has 2 heteroatoms. The molecule has 1 aromatic rings. The van der Waals surface area contributed by atoms with Gasteiger partial charge in [-0.1, -0.05) is 32.4 Å². The van der Waals surface area contributed by atoms with Gasteiger partial charge in [-0.3, -0.25) is 0 Å². The standard InChI is InChI=1S/C17H28N2/c1-15(2)16-7-9-17(10-8-16)18-11-6-14-19-12-4-3-5-13-19/h7-10,15,18H,3-6,11-14H2,1-2H3. The van der Waals surface area contributed by atoms with E-state index in [0.29, 0.717) is 5.92 Å². The molecule has 0 unspecified atom stereocenters. The fourth-order valence-electron chi connectivity index (χ4n) is 2.70. The fourth-order valence-corrected chi connectivity index (χ4v) is 2.70. The molecule has 1 N–H and O–H groups in total. The van der Waals surface area contributed by atoms with Crippen LogP contribution in [0.4, 0.5) is 5.69 Å². The molecule has 0 amide bonds. The predicted molar refractivity (Wildman–Crippen MR) is 83.9 cm³/mol. The first-order chi connectivity index (χ1) is 9.25. The van der Waals surface area contributed by atoms with E-state index in [2.05, 4.69) is 48.3 Å². The zero-order chi connectivity index (χ0) is 13.5. The van der Waals surface area contributed by atoms with Gasteiger partial charge in [0.1, 0.15) is 0 Å². The third kappa shape index (κ3) is 4.87. The summed E-state index contributed by atoms with van der Waals surface area (Å²) in [4.78, 5) is 2.60. The summed E-state index contributed by atoms with van der Waals surface area (Å²) in [5.74, 6) is 0.619. The average molecular weight is 260 g/mol. The van der Waals surface area contributed by atoms with Crippen molar-refractivity contribution in [2.45, 2.75) is 45.4 Å². The fraction of sp³-hybridized carbons (Fsp3) is 0.647. The zero-order valence-corrected chi connectivity index (χ0v) is 12.5. The van der Waals surface area contributed by atoms with Gasteiger partial charge in [0, 0.05) is 12.2 Å². The molecule has 0 bridgehead atoms. The van der Waals surface area contributed by atoms with Crippen molar-refractivity contribution < 1.29 is 0 Å². The lowest BCUT2D eigenvalue weighted by Crippen LogP contribution is -2.31. The molecule has 0 radical (unpaired) electrons. The van der Waals surface area contributed by atoms with Gasteiger partial charge in [-0.2, -0.15) is 0 Å². The quantitative estimate of drug-likeness (QED) is 0.775. The van der Waals surface area contributed by atoms with Crippen LogP contribution in [0, 0.1) is 0 Å². The van der Waals surface area contributed by atoms with Crippen LogP contribution in [0.25, 0.3) is 0 Å². The normalized spacial score (nSPS) is 16.8. The number of anilines is 1. The highest BCUT2D eigenvalue weighted by molar-refractivity contribution is 5.44. The minimum absolute atomic E-state index is 0.619. The van der Waals surface area contributed by atoms with Crippen molar-refractivity contribution in [3.63, 3.8) is 0 Å². The Bertz CT molecular complexity index is 350. The molecule has 1 fully saturated rings. The number of piperidine rings is 1. The van der Waals surface area contributed by atoms with Gasteiger partial charge < -0.3 is 10.2 Å². The Kier molecular flexibility index (Phi) is 5.71. The molecule has 0 atom stereocenters. The summed E-state index contributed by atoms with van der Waals surface area (Å²) < 4.78 is 0. The Balaban J connectivity index is 1.64. The van der Waals surface area contributed by atoms with Crippen molar-refractivity contribution in [3.8, 4) is 0 Å². The van der Waals surface area contributed by atoms with Gasteiger partial charge in [-0.05, 0) is 62.5 Å². The van der Waals surface area contributed by atoms with Crippen molar-refractivity contribution >= 4 is 5.69 Å². The average Bonchev–Trinajstić information content (AvgIpc) is 2.45. The van der Waals surface area contributed by atoms with Crippen LogP contribution in [0.15, 0.2) is 24.3 Å². The Labute approximate surface area is 118 Å². The topological polar surface area (TPSA) is 15.3 Å². The minimum Gasteiger partial charge on any atom is -0.385 e. The second-order valence-electron chi connectivity index (χ2n) is 5.96. The number of nitrogens with zero attached hydrogens (tertiary/aromatic N) is 1. The highest BCUT2D eigenvalue weighted by Crippen LogP contribution is 2.17. The van der Waals surface area contributed by atoms with Crippen LogP contribution in [-0.4, -0.2) is 31.1 Å². The van der Waals surface area contributed by atoms with E-state index in [1.54, 1.807) is 0 Å². The van der Waals surface area contributed by atoms with Gasteiger partial charge in [-0.25, -0.2) is 0 Å². The SMILES string of the molecule is CC(C)c1ccc(NCCCN2CCCCC2)cc1. The van der Waals surface area contributed by atoms with E-state index in [0.717, 1.165) is 6.54 Å².